The van der Waals surface area contributed by atoms with Crippen LogP contribution in [0.5, 0.6) is 5.75 Å². The lowest BCUT2D eigenvalue weighted by molar-refractivity contribution is -0.131. The zero-order valence-corrected chi connectivity index (χ0v) is 19.7. The molecule has 2 aliphatic heterocycles. The van der Waals surface area contributed by atoms with Gasteiger partial charge in [-0.25, -0.2) is 13.6 Å². The normalized spacial score (nSPS) is 21.7. The Morgan fingerprint density at radius 3 is 2.51 bits per heavy atom. The van der Waals surface area contributed by atoms with Crippen LogP contribution in [-0.4, -0.2) is 58.0 Å². The van der Waals surface area contributed by atoms with Crippen molar-refractivity contribution in [2.75, 3.05) is 18.4 Å². The number of fused-ring (bicyclic) bond motifs is 1. The van der Waals surface area contributed by atoms with Crippen LogP contribution in [0.2, 0.25) is 0 Å². The van der Waals surface area contributed by atoms with Crippen molar-refractivity contribution in [3.05, 3.63) is 59.2 Å². The summed E-state index contributed by atoms with van der Waals surface area (Å²) in [5.74, 6) is -2.34. The fourth-order valence-electron chi connectivity index (χ4n) is 4.70. The van der Waals surface area contributed by atoms with Crippen LogP contribution in [0, 0.1) is 11.6 Å². The first-order valence-corrected chi connectivity index (χ1v) is 11.4. The molecule has 0 aliphatic carbocycles. The van der Waals surface area contributed by atoms with Crippen LogP contribution in [0.3, 0.4) is 0 Å². The average molecular weight is 488 g/mol. The average Bonchev–Trinajstić information content (AvgIpc) is 2.79. The number of hydrogen-bond acceptors (Lipinski definition) is 4. The second-order valence-electron chi connectivity index (χ2n) is 9.29. The number of benzene rings is 2. The first-order valence-electron chi connectivity index (χ1n) is 11.4. The van der Waals surface area contributed by atoms with Gasteiger partial charge in [-0.15, -0.1) is 0 Å². The largest absolute Gasteiger partial charge is 0.471 e. The number of halogens is 2. The maximum Gasteiger partial charge on any atom is 0.407 e. The fourth-order valence-corrected chi connectivity index (χ4v) is 4.70. The first kappa shape index (κ1) is 24.4. The Kier molecular flexibility index (Phi) is 6.40. The molecule has 1 saturated heterocycles. The Morgan fingerprint density at radius 2 is 1.89 bits per heavy atom. The lowest BCUT2D eigenvalue weighted by Gasteiger charge is -2.40. The summed E-state index contributed by atoms with van der Waals surface area (Å²) in [6, 6.07) is 6.90. The van der Waals surface area contributed by atoms with Gasteiger partial charge in [-0.05, 0) is 63.9 Å². The molecule has 1 fully saturated rings. The molecule has 0 bridgehead atoms. The molecule has 2 aliphatic rings. The van der Waals surface area contributed by atoms with Gasteiger partial charge in [0.2, 0.25) is 5.60 Å². The SMILES string of the molecule is CC(C)N(C(=O)c1ccc2c(c1)NC(=O)C(C)(c1cc(F)cc(F)c1)O2)[C@@H]1CCCN(C(=O)O)C1. The van der Waals surface area contributed by atoms with Crippen molar-refractivity contribution in [1.82, 2.24) is 9.80 Å². The number of likely N-dealkylation sites (tertiary alicyclic amines) is 1. The molecule has 8 nitrogen and oxygen atoms in total. The zero-order chi connectivity index (χ0) is 25.5. The van der Waals surface area contributed by atoms with Gasteiger partial charge in [-0.2, -0.15) is 0 Å². The highest BCUT2D eigenvalue weighted by Crippen LogP contribution is 2.40. The van der Waals surface area contributed by atoms with Gasteiger partial charge in [-0.3, -0.25) is 9.59 Å². The van der Waals surface area contributed by atoms with Crippen molar-refractivity contribution in [1.29, 1.82) is 0 Å². The van der Waals surface area contributed by atoms with Crippen LogP contribution in [0.4, 0.5) is 19.3 Å². The molecule has 4 rings (SSSR count). The second-order valence-corrected chi connectivity index (χ2v) is 9.29. The molecule has 2 N–H and O–H groups in total. The molecule has 2 heterocycles. The van der Waals surface area contributed by atoms with Gasteiger partial charge in [0.25, 0.3) is 11.8 Å². The monoisotopic (exact) mass is 487 g/mol. The number of rotatable bonds is 4. The fraction of sp³-hybridized carbons (Fsp3) is 0.400. The summed E-state index contributed by atoms with van der Waals surface area (Å²) in [6.07, 6.45) is 0.322. The predicted molar refractivity (Wildman–Crippen MR) is 123 cm³/mol. The van der Waals surface area contributed by atoms with Crippen LogP contribution in [0.25, 0.3) is 0 Å². The van der Waals surface area contributed by atoms with Crippen LogP contribution in [0.1, 0.15) is 49.5 Å². The minimum atomic E-state index is -1.67. The highest BCUT2D eigenvalue weighted by Gasteiger charge is 2.43. The quantitative estimate of drug-likeness (QED) is 0.673. The summed E-state index contributed by atoms with van der Waals surface area (Å²) in [5, 5.41) is 12.1. The maximum absolute atomic E-state index is 13.8. The smallest absolute Gasteiger partial charge is 0.407 e. The van der Waals surface area contributed by atoms with Gasteiger partial charge >= 0.3 is 6.09 Å². The van der Waals surface area contributed by atoms with E-state index < -0.39 is 29.2 Å². The molecule has 186 valence electrons. The van der Waals surface area contributed by atoms with E-state index in [4.69, 9.17) is 4.74 Å². The number of carboxylic acid groups (broad SMARTS) is 1. The third kappa shape index (κ3) is 4.65. The lowest BCUT2D eigenvalue weighted by atomic mass is 9.92. The Morgan fingerprint density at radius 1 is 1.20 bits per heavy atom. The van der Waals surface area contributed by atoms with E-state index in [1.54, 1.807) is 11.0 Å². The number of nitrogens with one attached hydrogen (secondary N) is 1. The van der Waals surface area contributed by atoms with Crippen molar-refractivity contribution in [3.63, 3.8) is 0 Å². The van der Waals surface area contributed by atoms with Crippen LogP contribution in [-0.2, 0) is 10.4 Å². The summed E-state index contributed by atoms with van der Waals surface area (Å²) in [5.41, 5.74) is -1.10. The van der Waals surface area contributed by atoms with Crippen molar-refractivity contribution in [3.8, 4) is 5.75 Å². The van der Waals surface area contributed by atoms with E-state index in [0.29, 0.717) is 31.0 Å². The molecule has 35 heavy (non-hydrogen) atoms. The van der Waals surface area contributed by atoms with Crippen LogP contribution < -0.4 is 10.1 Å². The standard InChI is InChI=1S/C25H27F2N3O5/c1-14(2)30(19-5-4-8-29(13-19)24(33)34)22(31)15-6-7-21-20(9-15)28-23(32)25(3,35-21)16-10-17(26)12-18(27)11-16/h6-7,9-12,14,19H,4-5,8,13H2,1-3H3,(H,28,32)(H,33,34)/t19-,25?/m1/s1. The number of hydrogen-bond donors (Lipinski definition) is 2. The lowest BCUT2D eigenvalue weighted by Crippen LogP contribution is -2.53. The van der Waals surface area contributed by atoms with E-state index in [-0.39, 0.29) is 41.5 Å². The molecule has 2 aromatic carbocycles. The Labute approximate surface area is 201 Å². The molecule has 3 amide bonds. The highest BCUT2D eigenvalue weighted by molar-refractivity contribution is 6.03. The van der Waals surface area contributed by atoms with E-state index in [1.807, 2.05) is 13.8 Å². The number of carbonyl (C=O) groups excluding carboxylic acids is 2. The number of anilines is 1. The van der Waals surface area contributed by atoms with Crippen molar-refractivity contribution in [2.45, 2.75) is 51.3 Å². The van der Waals surface area contributed by atoms with E-state index in [0.717, 1.165) is 12.1 Å². The highest BCUT2D eigenvalue weighted by atomic mass is 19.1. The molecule has 2 atom stereocenters. The van der Waals surface area contributed by atoms with Crippen LogP contribution >= 0.6 is 0 Å². The first-order chi connectivity index (χ1) is 16.5. The topological polar surface area (TPSA) is 99.2 Å². The Balaban J connectivity index is 1.61. The van der Waals surface area contributed by atoms with Gasteiger partial charge in [0.05, 0.1) is 11.7 Å². The Hall–Kier alpha value is -3.69. The van der Waals surface area contributed by atoms with Crippen molar-refractivity contribution >= 4 is 23.6 Å². The van der Waals surface area contributed by atoms with Crippen molar-refractivity contribution in [2.24, 2.45) is 0 Å². The number of piperidine rings is 1. The second kappa shape index (κ2) is 9.16. The molecule has 0 spiro atoms. The molecular weight excluding hydrogens is 460 g/mol. The molecular formula is C25H27F2N3O5. The Bertz CT molecular complexity index is 1170. The number of amides is 3. The summed E-state index contributed by atoms with van der Waals surface area (Å²) in [4.78, 5) is 40.8. The van der Waals surface area contributed by atoms with Gasteiger partial charge in [0, 0.05) is 36.3 Å². The molecule has 0 saturated carbocycles. The third-order valence-electron chi connectivity index (χ3n) is 6.49. The summed E-state index contributed by atoms with van der Waals surface area (Å²) in [6.45, 7) is 5.81. The van der Waals surface area contributed by atoms with E-state index in [2.05, 4.69) is 5.32 Å². The van der Waals surface area contributed by atoms with Gasteiger partial charge < -0.3 is 25.0 Å². The molecule has 10 heteroatoms. The van der Waals surface area contributed by atoms with Crippen LogP contribution in [0.15, 0.2) is 36.4 Å². The summed E-state index contributed by atoms with van der Waals surface area (Å²) in [7, 11) is 0. The number of ether oxygens (including phenoxy) is 1. The minimum Gasteiger partial charge on any atom is -0.471 e. The zero-order valence-electron chi connectivity index (χ0n) is 19.7. The summed E-state index contributed by atoms with van der Waals surface area (Å²) < 4.78 is 33.4. The van der Waals surface area contributed by atoms with Crippen molar-refractivity contribution < 1.29 is 33.0 Å². The van der Waals surface area contributed by atoms with Gasteiger partial charge in [0.15, 0.2) is 0 Å². The number of nitrogens with zero attached hydrogens (tertiary/aromatic N) is 2. The predicted octanol–water partition coefficient (Wildman–Crippen LogP) is 4.20. The van der Waals surface area contributed by atoms with Gasteiger partial charge in [0.1, 0.15) is 17.4 Å². The van der Waals surface area contributed by atoms with Gasteiger partial charge in [-0.1, -0.05) is 0 Å². The van der Waals surface area contributed by atoms with E-state index in [9.17, 15) is 28.3 Å². The molecule has 0 radical (unpaired) electrons. The molecule has 1 unspecified atom stereocenters. The number of carbonyl (C=O) groups is 3. The molecule has 0 aromatic heterocycles. The minimum absolute atomic E-state index is 0.0181. The summed E-state index contributed by atoms with van der Waals surface area (Å²) >= 11 is 0. The third-order valence-corrected chi connectivity index (χ3v) is 6.49. The molecule has 2 aromatic rings. The van der Waals surface area contributed by atoms with E-state index >= 15 is 0 Å². The van der Waals surface area contributed by atoms with E-state index in [1.165, 1.54) is 24.0 Å². The maximum atomic E-state index is 13.8.